The first-order valence-electron chi connectivity index (χ1n) is 5.51. The van der Waals surface area contributed by atoms with Crippen LogP contribution in [0.3, 0.4) is 0 Å². The standard InChI is InChI=1S/C10H19F3N4/c1-16(2)7-3-4-17(5-7)6-8(9(14)15)10(11,12)13/h7-8H,3-6H2,1-2H3,(H3,14,15). The molecule has 1 saturated heterocycles. The molecule has 1 heterocycles. The van der Waals surface area contributed by atoms with Gasteiger partial charge in [0.1, 0.15) is 11.8 Å². The zero-order chi connectivity index (χ0) is 13.2. The van der Waals surface area contributed by atoms with Crippen LogP contribution in [0.4, 0.5) is 13.2 Å². The van der Waals surface area contributed by atoms with Crippen LogP contribution in [-0.2, 0) is 0 Å². The number of halogens is 3. The molecule has 2 unspecified atom stereocenters. The highest BCUT2D eigenvalue weighted by molar-refractivity contribution is 5.80. The van der Waals surface area contributed by atoms with Crippen LogP contribution in [0.25, 0.3) is 0 Å². The van der Waals surface area contributed by atoms with E-state index in [-0.39, 0.29) is 12.6 Å². The third-order valence-electron chi connectivity index (χ3n) is 3.19. The van der Waals surface area contributed by atoms with E-state index in [1.54, 1.807) is 4.90 Å². The second-order valence-electron chi connectivity index (χ2n) is 4.72. The number of amidine groups is 1. The van der Waals surface area contributed by atoms with Gasteiger partial charge in [-0.25, -0.2) is 0 Å². The molecule has 0 saturated carbocycles. The molecule has 3 N–H and O–H groups in total. The summed E-state index contributed by atoms with van der Waals surface area (Å²) < 4.78 is 37.9. The van der Waals surface area contributed by atoms with Gasteiger partial charge in [0.2, 0.25) is 0 Å². The minimum atomic E-state index is -4.43. The van der Waals surface area contributed by atoms with Crippen molar-refractivity contribution >= 4 is 5.84 Å². The quantitative estimate of drug-likeness (QED) is 0.573. The summed E-state index contributed by atoms with van der Waals surface area (Å²) in [5, 5.41) is 7.03. The molecule has 0 amide bonds. The van der Waals surface area contributed by atoms with Crippen molar-refractivity contribution in [1.29, 1.82) is 5.41 Å². The van der Waals surface area contributed by atoms with Gasteiger partial charge in [-0.3, -0.25) is 5.41 Å². The number of likely N-dealkylation sites (N-methyl/N-ethyl adjacent to an activating group) is 1. The summed E-state index contributed by atoms with van der Waals surface area (Å²) in [5.74, 6) is -2.64. The molecule has 7 heteroatoms. The van der Waals surface area contributed by atoms with Gasteiger partial charge in [-0.15, -0.1) is 0 Å². The largest absolute Gasteiger partial charge is 0.399 e. The molecule has 1 aliphatic heterocycles. The topological polar surface area (TPSA) is 56.4 Å². The van der Waals surface area contributed by atoms with Gasteiger partial charge in [0.05, 0.1) is 0 Å². The molecule has 0 aromatic rings. The van der Waals surface area contributed by atoms with Gasteiger partial charge in [-0.2, -0.15) is 13.2 Å². The molecule has 1 rings (SSSR count). The van der Waals surface area contributed by atoms with Crippen LogP contribution >= 0.6 is 0 Å². The lowest BCUT2D eigenvalue weighted by Gasteiger charge is -2.25. The van der Waals surface area contributed by atoms with Gasteiger partial charge in [0, 0.05) is 19.1 Å². The molecule has 1 aliphatic rings. The third kappa shape index (κ3) is 3.85. The fraction of sp³-hybridized carbons (Fsp3) is 0.900. The Kier molecular flexibility index (Phi) is 4.37. The number of rotatable bonds is 4. The molecule has 0 aromatic carbocycles. The zero-order valence-corrected chi connectivity index (χ0v) is 10.1. The van der Waals surface area contributed by atoms with E-state index in [1.807, 2.05) is 19.0 Å². The molecule has 2 atom stereocenters. The van der Waals surface area contributed by atoms with Crippen LogP contribution in [0.2, 0.25) is 0 Å². The van der Waals surface area contributed by atoms with Crippen molar-refractivity contribution in [2.24, 2.45) is 11.7 Å². The summed E-state index contributed by atoms with van der Waals surface area (Å²) in [4.78, 5) is 3.74. The Balaban J connectivity index is 2.56. The molecule has 17 heavy (non-hydrogen) atoms. The molecule has 0 aromatic heterocycles. The summed E-state index contributed by atoms with van der Waals surface area (Å²) in [6, 6.07) is 0.288. The minimum absolute atomic E-state index is 0.205. The summed E-state index contributed by atoms with van der Waals surface area (Å²) in [7, 11) is 3.83. The number of nitrogens with one attached hydrogen (secondary N) is 1. The maximum atomic E-state index is 12.6. The maximum Gasteiger partial charge on any atom is 0.399 e. The van der Waals surface area contributed by atoms with Gasteiger partial charge in [0.25, 0.3) is 0 Å². The van der Waals surface area contributed by atoms with Gasteiger partial charge >= 0.3 is 6.18 Å². The molecule has 1 fully saturated rings. The Morgan fingerprint density at radius 1 is 1.53 bits per heavy atom. The Morgan fingerprint density at radius 2 is 2.12 bits per heavy atom. The van der Waals surface area contributed by atoms with Crippen molar-refractivity contribution in [1.82, 2.24) is 9.80 Å². The monoisotopic (exact) mass is 252 g/mol. The molecule has 0 bridgehead atoms. The van der Waals surface area contributed by atoms with Crippen molar-refractivity contribution in [3.8, 4) is 0 Å². The van der Waals surface area contributed by atoms with Crippen molar-refractivity contribution < 1.29 is 13.2 Å². The van der Waals surface area contributed by atoms with Crippen LogP contribution in [0.1, 0.15) is 6.42 Å². The van der Waals surface area contributed by atoms with E-state index in [0.717, 1.165) is 6.42 Å². The summed E-state index contributed by atoms with van der Waals surface area (Å²) in [6.45, 7) is 1.03. The van der Waals surface area contributed by atoms with Crippen LogP contribution in [-0.4, -0.2) is 61.6 Å². The Morgan fingerprint density at radius 3 is 2.47 bits per heavy atom. The minimum Gasteiger partial charge on any atom is -0.387 e. The van der Waals surface area contributed by atoms with Crippen LogP contribution in [0, 0.1) is 11.3 Å². The SMILES string of the molecule is CN(C)C1CCN(CC(C(=N)N)C(F)(F)F)C1. The lowest BCUT2D eigenvalue weighted by Crippen LogP contribution is -2.44. The van der Waals surface area contributed by atoms with Gasteiger partial charge in [-0.1, -0.05) is 0 Å². The normalized spacial score (nSPS) is 24.2. The Labute approximate surface area is 99.1 Å². The molecular formula is C10H19F3N4. The van der Waals surface area contributed by atoms with Crippen molar-refractivity contribution in [2.75, 3.05) is 33.7 Å². The van der Waals surface area contributed by atoms with Gasteiger partial charge < -0.3 is 15.5 Å². The molecule has 0 aliphatic carbocycles. The second kappa shape index (κ2) is 5.22. The van der Waals surface area contributed by atoms with E-state index in [4.69, 9.17) is 11.1 Å². The highest BCUT2D eigenvalue weighted by Gasteiger charge is 2.43. The molecule has 0 spiro atoms. The van der Waals surface area contributed by atoms with E-state index < -0.39 is 17.9 Å². The Hall–Kier alpha value is -0.820. The summed E-state index contributed by atoms with van der Waals surface area (Å²) in [5.41, 5.74) is 5.02. The summed E-state index contributed by atoms with van der Waals surface area (Å²) >= 11 is 0. The molecule has 100 valence electrons. The van der Waals surface area contributed by atoms with E-state index in [2.05, 4.69) is 0 Å². The van der Waals surface area contributed by atoms with Crippen LogP contribution in [0.5, 0.6) is 0 Å². The second-order valence-corrected chi connectivity index (χ2v) is 4.72. The highest BCUT2D eigenvalue weighted by atomic mass is 19.4. The van der Waals surface area contributed by atoms with Crippen LogP contribution in [0.15, 0.2) is 0 Å². The van der Waals surface area contributed by atoms with E-state index in [1.165, 1.54) is 0 Å². The fourth-order valence-electron chi connectivity index (χ4n) is 2.04. The molecule has 4 nitrogen and oxygen atoms in total. The smallest absolute Gasteiger partial charge is 0.387 e. The molecule has 0 radical (unpaired) electrons. The zero-order valence-electron chi connectivity index (χ0n) is 10.1. The lowest BCUT2D eigenvalue weighted by atomic mass is 10.1. The highest BCUT2D eigenvalue weighted by Crippen LogP contribution is 2.28. The van der Waals surface area contributed by atoms with E-state index in [9.17, 15) is 13.2 Å². The number of alkyl halides is 3. The van der Waals surface area contributed by atoms with Gasteiger partial charge in [0.15, 0.2) is 0 Å². The van der Waals surface area contributed by atoms with Crippen molar-refractivity contribution in [3.05, 3.63) is 0 Å². The van der Waals surface area contributed by atoms with E-state index in [0.29, 0.717) is 13.1 Å². The Bertz CT molecular complexity index is 277. The fourth-order valence-corrected chi connectivity index (χ4v) is 2.04. The van der Waals surface area contributed by atoms with Gasteiger partial charge in [-0.05, 0) is 27.1 Å². The number of hydrogen-bond donors (Lipinski definition) is 2. The summed E-state index contributed by atoms with van der Waals surface area (Å²) in [6.07, 6.45) is -3.57. The average molecular weight is 252 g/mol. The van der Waals surface area contributed by atoms with E-state index >= 15 is 0 Å². The first-order chi connectivity index (χ1) is 7.71. The van der Waals surface area contributed by atoms with Crippen LogP contribution < -0.4 is 5.73 Å². The maximum absolute atomic E-state index is 12.6. The number of nitrogens with zero attached hydrogens (tertiary/aromatic N) is 2. The predicted molar refractivity (Wildman–Crippen MR) is 60.0 cm³/mol. The lowest BCUT2D eigenvalue weighted by molar-refractivity contribution is -0.159. The number of hydrogen-bond acceptors (Lipinski definition) is 3. The first kappa shape index (κ1) is 14.2. The van der Waals surface area contributed by atoms with Crippen molar-refractivity contribution in [3.63, 3.8) is 0 Å². The number of likely N-dealkylation sites (tertiary alicyclic amines) is 1. The van der Waals surface area contributed by atoms with Crippen molar-refractivity contribution in [2.45, 2.75) is 18.6 Å². The number of nitrogens with two attached hydrogens (primary N) is 1. The first-order valence-corrected chi connectivity index (χ1v) is 5.51. The third-order valence-corrected chi connectivity index (χ3v) is 3.19. The predicted octanol–water partition coefficient (Wildman–Crippen LogP) is 0.737. The molecular weight excluding hydrogens is 233 g/mol. The average Bonchev–Trinajstić information content (AvgIpc) is 2.59.